The normalized spacial score (nSPS) is 18.5. The van der Waals surface area contributed by atoms with Gasteiger partial charge in [-0.1, -0.05) is 50.2 Å². The Morgan fingerprint density at radius 1 is 0.857 bits per heavy atom. The molecule has 42 heavy (non-hydrogen) atoms. The zero-order chi connectivity index (χ0) is 29.6. The first-order chi connectivity index (χ1) is 19.9. The van der Waals surface area contributed by atoms with Crippen LogP contribution in [0.5, 0.6) is 0 Å². The van der Waals surface area contributed by atoms with E-state index < -0.39 is 17.7 Å². The second-order valence-corrected chi connectivity index (χ2v) is 13.3. The minimum Gasteiger partial charge on any atom is -0.427 e. The van der Waals surface area contributed by atoms with Gasteiger partial charge in [0.15, 0.2) is 0 Å². The summed E-state index contributed by atoms with van der Waals surface area (Å²) >= 11 is 0. The van der Waals surface area contributed by atoms with Crippen molar-refractivity contribution in [3.63, 3.8) is 0 Å². The van der Waals surface area contributed by atoms with Gasteiger partial charge in [-0.2, -0.15) is 0 Å². The highest BCUT2D eigenvalue weighted by atomic mass is 16.8. The Balaban J connectivity index is 1.34. The molecule has 0 atom stereocenters. The first-order valence-corrected chi connectivity index (χ1v) is 14.4. The molecule has 9 heteroatoms. The zero-order valence-corrected chi connectivity index (χ0v) is 24.5. The molecule has 2 aromatic carbocycles. The molecule has 216 valence electrons. The first kappa shape index (κ1) is 26.5. The van der Waals surface area contributed by atoms with Gasteiger partial charge in [-0.3, -0.25) is 14.9 Å². The molecule has 0 fully saturated rings. The number of carbonyl (C=O) groups excluding carboxylic acids is 3. The number of carbonyl (C=O) groups is 3. The second kappa shape index (κ2) is 9.06. The van der Waals surface area contributed by atoms with Gasteiger partial charge >= 0.3 is 6.16 Å². The largest absolute Gasteiger partial charge is 0.528 e. The van der Waals surface area contributed by atoms with Gasteiger partial charge in [0.1, 0.15) is 5.60 Å². The van der Waals surface area contributed by atoms with E-state index in [1.165, 1.54) is 5.56 Å². The predicted molar refractivity (Wildman–Crippen MR) is 159 cm³/mol. The summed E-state index contributed by atoms with van der Waals surface area (Å²) in [6.07, 6.45) is 4.20. The Kier molecular flexibility index (Phi) is 5.72. The van der Waals surface area contributed by atoms with Crippen LogP contribution in [0, 0.1) is 5.41 Å². The smallest absolute Gasteiger partial charge is 0.427 e. The molecule has 1 N–H and O–H groups in total. The molecule has 0 aliphatic carbocycles. The van der Waals surface area contributed by atoms with Crippen LogP contribution >= 0.6 is 0 Å². The number of hydroxylamine groups is 2. The summed E-state index contributed by atoms with van der Waals surface area (Å²) in [5.41, 5.74) is 6.02. The van der Waals surface area contributed by atoms with Crippen LogP contribution in [0.1, 0.15) is 56.9 Å². The summed E-state index contributed by atoms with van der Waals surface area (Å²) in [5.74, 6) is -0.766. The molecule has 9 nitrogen and oxygen atoms in total. The van der Waals surface area contributed by atoms with E-state index in [-0.39, 0.29) is 11.3 Å². The third kappa shape index (κ3) is 4.30. The first-order valence-electron chi connectivity index (χ1n) is 14.4. The fourth-order valence-corrected chi connectivity index (χ4v) is 6.79. The molecule has 7 rings (SSSR count). The predicted octanol–water partition coefficient (Wildman–Crippen LogP) is 5.43. The molecule has 2 aromatic heterocycles. The van der Waals surface area contributed by atoms with E-state index in [0.29, 0.717) is 30.8 Å². The Morgan fingerprint density at radius 2 is 1.45 bits per heavy atom. The van der Waals surface area contributed by atoms with E-state index in [1.807, 2.05) is 42.7 Å². The minimum absolute atomic E-state index is 0.0845. The Bertz CT molecular complexity index is 1870. The lowest BCUT2D eigenvalue weighted by atomic mass is 9.82. The summed E-state index contributed by atoms with van der Waals surface area (Å²) in [5, 5.41) is 6.04. The van der Waals surface area contributed by atoms with Crippen LogP contribution in [0.25, 0.3) is 33.0 Å². The number of benzene rings is 2. The number of imide groups is 1. The fraction of sp³-hybridized carbons (Fsp3) is 0.364. The van der Waals surface area contributed by atoms with Gasteiger partial charge in [0.25, 0.3) is 11.8 Å². The van der Waals surface area contributed by atoms with Gasteiger partial charge in [-0.05, 0) is 43.7 Å². The number of para-hydroxylation sites is 2. The maximum absolute atomic E-state index is 13.5. The Morgan fingerprint density at radius 3 is 2.10 bits per heavy atom. The van der Waals surface area contributed by atoms with Gasteiger partial charge in [-0.25, -0.2) is 4.79 Å². The topological polar surface area (TPSA) is 94.8 Å². The zero-order valence-electron chi connectivity index (χ0n) is 24.5. The molecular formula is C33H34N4O5. The monoisotopic (exact) mass is 566 g/mol. The lowest BCUT2D eigenvalue weighted by Crippen LogP contribution is -2.32. The molecule has 3 aliphatic heterocycles. The van der Waals surface area contributed by atoms with Gasteiger partial charge in [0.05, 0.1) is 35.3 Å². The Labute approximate surface area is 243 Å². The molecule has 0 saturated heterocycles. The average Bonchev–Trinajstić information content (AvgIpc) is 3.47. The van der Waals surface area contributed by atoms with Gasteiger partial charge in [0.2, 0.25) is 0 Å². The van der Waals surface area contributed by atoms with Crippen LogP contribution in [0.4, 0.5) is 4.79 Å². The second-order valence-electron chi connectivity index (χ2n) is 13.3. The standard InChI is InChI=1S/C33H34N4O5/c1-32(2,3)41-31(40)42-37-13-12-35-16-23(22-11-7-9-20(15-37)28(22)35)25-26(30(39)34-29(25)38)24-17-36-18-33(4,5)14-19-8-6-10-21(24)27(19)36/h6-11,16-17H,12-15,18H2,1-5H3,(H,34,38,39). The molecule has 0 bridgehead atoms. The number of nitrogens with one attached hydrogen (secondary N) is 1. The van der Waals surface area contributed by atoms with Crippen molar-refractivity contribution in [2.24, 2.45) is 5.41 Å². The highest BCUT2D eigenvalue weighted by molar-refractivity contribution is 6.50. The maximum Gasteiger partial charge on any atom is 0.528 e. The third-order valence-electron chi connectivity index (χ3n) is 8.23. The third-order valence-corrected chi connectivity index (χ3v) is 8.23. The molecule has 4 aromatic rings. The molecular weight excluding hydrogens is 532 g/mol. The Hall–Kier alpha value is -4.37. The van der Waals surface area contributed by atoms with Crippen LogP contribution in [-0.4, -0.2) is 44.3 Å². The van der Waals surface area contributed by atoms with E-state index in [9.17, 15) is 14.4 Å². The van der Waals surface area contributed by atoms with Crippen LogP contribution in [-0.2, 0) is 45.2 Å². The molecule has 0 unspecified atom stereocenters. The molecule has 0 radical (unpaired) electrons. The maximum atomic E-state index is 13.5. The summed E-state index contributed by atoms with van der Waals surface area (Å²) < 4.78 is 9.66. The van der Waals surface area contributed by atoms with Crippen LogP contribution in [0.3, 0.4) is 0 Å². The van der Waals surface area contributed by atoms with E-state index in [2.05, 4.69) is 34.4 Å². The van der Waals surface area contributed by atoms with Crippen molar-refractivity contribution >= 4 is 50.9 Å². The van der Waals surface area contributed by atoms with Crippen molar-refractivity contribution in [2.45, 2.75) is 66.3 Å². The highest BCUT2D eigenvalue weighted by Crippen LogP contribution is 2.43. The number of hydrogen-bond acceptors (Lipinski definition) is 6. The average molecular weight is 567 g/mol. The SMILES string of the molecule is CC1(C)Cc2cccc3c(C4=C(c5cn6c7c(cccc57)CN(OC(=O)OC(C)(C)C)CC6)C(=O)NC4=O)cn(c23)C1. The van der Waals surface area contributed by atoms with Crippen molar-refractivity contribution in [1.82, 2.24) is 19.5 Å². The number of aromatic nitrogens is 2. The number of hydrogen-bond donors (Lipinski definition) is 1. The summed E-state index contributed by atoms with van der Waals surface area (Å²) in [7, 11) is 0. The lowest BCUT2D eigenvalue weighted by Gasteiger charge is -2.31. The lowest BCUT2D eigenvalue weighted by molar-refractivity contribution is -0.148. The van der Waals surface area contributed by atoms with E-state index in [1.54, 1.807) is 25.8 Å². The summed E-state index contributed by atoms with van der Waals surface area (Å²) in [6.45, 7) is 12.0. The van der Waals surface area contributed by atoms with E-state index in [0.717, 1.165) is 51.5 Å². The number of amides is 2. The molecule has 2 amide bonds. The van der Waals surface area contributed by atoms with Crippen molar-refractivity contribution in [3.05, 3.63) is 71.0 Å². The van der Waals surface area contributed by atoms with Crippen LogP contribution in [0.15, 0.2) is 48.8 Å². The molecule has 0 saturated carbocycles. The summed E-state index contributed by atoms with van der Waals surface area (Å²) in [4.78, 5) is 44.8. The molecule has 3 aliphatic rings. The number of nitrogens with zero attached hydrogens (tertiary/aromatic N) is 3. The highest BCUT2D eigenvalue weighted by Gasteiger charge is 2.37. The number of rotatable bonds is 3. The van der Waals surface area contributed by atoms with E-state index in [4.69, 9.17) is 9.57 Å². The van der Waals surface area contributed by atoms with Gasteiger partial charge < -0.3 is 18.7 Å². The minimum atomic E-state index is -0.743. The van der Waals surface area contributed by atoms with Crippen LogP contribution < -0.4 is 5.32 Å². The number of ether oxygens (including phenoxy) is 1. The van der Waals surface area contributed by atoms with Crippen LogP contribution in [0.2, 0.25) is 0 Å². The van der Waals surface area contributed by atoms with E-state index >= 15 is 0 Å². The quantitative estimate of drug-likeness (QED) is 0.263. The van der Waals surface area contributed by atoms with Gasteiger partial charge in [-0.15, -0.1) is 5.06 Å². The molecule has 0 spiro atoms. The van der Waals surface area contributed by atoms with Crippen molar-refractivity contribution in [3.8, 4) is 0 Å². The fourth-order valence-electron chi connectivity index (χ4n) is 6.79. The van der Waals surface area contributed by atoms with Crippen molar-refractivity contribution < 1.29 is 24.0 Å². The van der Waals surface area contributed by atoms with Gasteiger partial charge in [0, 0.05) is 47.4 Å². The molecule has 5 heterocycles. The summed E-state index contributed by atoms with van der Waals surface area (Å²) in [6, 6.07) is 12.1. The van der Waals surface area contributed by atoms with Crippen molar-refractivity contribution in [2.75, 3.05) is 6.54 Å². The van der Waals surface area contributed by atoms with Crippen molar-refractivity contribution in [1.29, 1.82) is 0 Å².